The summed E-state index contributed by atoms with van der Waals surface area (Å²) in [5.74, 6) is 0.167. The molecule has 0 unspecified atom stereocenters. The highest BCUT2D eigenvalue weighted by Crippen LogP contribution is 2.16. The zero-order valence-corrected chi connectivity index (χ0v) is 21.6. The molecule has 0 aliphatic rings. The monoisotopic (exact) mass is 484 g/mol. The third kappa shape index (κ3) is 25.5. The van der Waals surface area contributed by atoms with E-state index < -0.39 is 5.97 Å². The first-order valence-electron chi connectivity index (χ1n) is 12.7. The van der Waals surface area contributed by atoms with Crippen LogP contribution in [0.4, 0.5) is 0 Å². The van der Waals surface area contributed by atoms with Crippen molar-refractivity contribution in [1.82, 2.24) is 0 Å². The number of hydrogen-bond donors (Lipinski definition) is 1. The van der Waals surface area contributed by atoms with E-state index in [0.717, 1.165) is 31.6 Å². The van der Waals surface area contributed by atoms with E-state index in [4.69, 9.17) is 5.11 Å². The van der Waals surface area contributed by atoms with Gasteiger partial charge in [-0.2, -0.15) is 0 Å². The normalized spacial score (nSPS) is 12.3. The third-order valence-electron chi connectivity index (χ3n) is 5.58. The zero-order chi connectivity index (χ0) is 22.3. The van der Waals surface area contributed by atoms with Crippen LogP contribution >= 0.6 is 15.9 Å². The first kappa shape index (κ1) is 29.4. The van der Waals surface area contributed by atoms with Crippen LogP contribution in [-0.2, 0) is 4.79 Å². The van der Waals surface area contributed by atoms with E-state index in [9.17, 15) is 4.79 Å². The van der Waals surface area contributed by atoms with E-state index >= 15 is 0 Å². The van der Waals surface area contributed by atoms with Crippen molar-refractivity contribution in [2.45, 2.75) is 136 Å². The van der Waals surface area contributed by atoms with E-state index in [2.05, 4.69) is 48.0 Å². The molecule has 0 aliphatic carbocycles. The summed E-state index contributed by atoms with van der Waals surface area (Å²) in [5, 5.41) is 8.62. The van der Waals surface area contributed by atoms with Crippen molar-refractivity contribution in [3.63, 3.8) is 0 Å². The molecule has 0 fully saturated rings. The molecule has 0 spiro atoms. The van der Waals surface area contributed by atoms with Crippen LogP contribution in [0, 0.1) is 5.92 Å². The van der Waals surface area contributed by atoms with E-state index in [0.29, 0.717) is 0 Å². The van der Waals surface area contributed by atoms with Gasteiger partial charge in [0.2, 0.25) is 0 Å². The quantitative estimate of drug-likeness (QED) is 0.122. The Kier molecular flexibility index (Phi) is 22.7. The predicted octanol–water partition coefficient (Wildman–Crippen LogP) is 9.97. The van der Waals surface area contributed by atoms with Gasteiger partial charge in [-0.25, -0.2) is 0 Å². The fourth-order valence-electron chi connectivity index (χ4n) is 3.65. The van der Waals surface area contributed by atoms with Gasteiger partial charge < -0.3 is 5.11 Å². The lowest BCUT2D eigenvalue weighted by Gasteiger charge is -2.04. The molecule has 2 nitrogen and oxygen atoms in total. The Hall–Kier alpha value is -0.570. The van der Waals surface area contributed by atoms with Gasteiger partial charge in [-0.05, 0) is 48.9 Å². The van der Waals surface area contributed by atoms with Crippen LogP contribution in [0.1, 0.15) is 136 Å². The van der Waals surface area contributed by atoms with Crippen molar-refractivity contribution in [1.29, 1.82) is 0 Å². The molecule has 0 saturated heterocycles. The Bertz CT molecular complexity index is 440. The molecule has 0 aliphatic heterocycles. The summed E-state index contributed by atoms with van der Waals surface area (Å²) < 4.78 is 1.20. The molecule has 176 valence electrons. The SMILES string of the molecule is CC(C)CCCCCCCCCCCCCC/C=C\CC/C(Br)=C\CCCC(=O)O. The average Bonchev–Trinajstić information content (AvgIpc) is 2.70. The highest BCUT2D eigenvalue weighted by molar-refractivity contribution is 9.11. The standard InChI is InChI=1S/C27H49BrO2/c1-25(2)21-17-15-13-11-9-7-5-3-4-6-8-10-12-14-16-18-22-26(28)23-19-20-24-27(29)30/h14,16,23,25H,3-13,15,17-22,24H2,1-2H3,(H,29,30)/b16-14-,26-23+. The average molecular weight is 486 g/mol. The maximum Gasteiger partial charge on any atom is 0.303 e. The molecule has 3 heteroatoms. The smallest absolute Gasteiger partial charge is 0.303 e. The van der Waals surface area contributed by atoms with Crippen LogP contribution in [0.5, 0.6) is 0 Å². The summed E-state index contributed by atoms with van der Waals surface area (Å²) >= 11 is 3.58. The molecule has 0 rings (SSSR count). The Morgan fingerprint density at radius 2 is 1.20 bits per heavy atom. The lowest BCUT2D eigenvalue weighted by atomic mass is 10.0. The summed E-state index contributed by atoms with van der Waals surface area (Å²) in [5.41, 5.74) is 0. The van der Waals surface area contributed by atoms with E-state index in [-0.39, 0.29) is 6.42 Å². The van der Waals surface area contributed by atoms with Crippen molar-refractivity contribution in [3.8, 4) is 0 Å². The fourth-order valence-corrected chi connectivity index (χ4v) is 4.11. The maximum absolute atomic E-state index is 10.5. The first-order valence-corrected chi connectivity index (χ1v) is 13.5. The summed E-state index contributed by atoms with van der Waals surface area (Å²) in [6.07, 6.45) is 30.2. The second kappa shape index (κ2) is 23.1. The Morgan fingerprint density at radius 1 is 0.700 bits per heavy atom. The summed E-state index contributed by atoms with van der Waals surface area (Å²) in [7, 11) is 0. The molecule has 0 aromatic heterocycles. The van der Waals surface area contributed by atoms with Crippen LogP contribution in [0.15, 0.2) is 22.7 Å². The number of carboxylic acid groups (broad SMARTS) is 1. The zero-order valence-electron chi connectivity index (χ0n) is 20.0. The minimum Gasteiger partial charge on any atom is -0.481 e. The molecule has 1 N–H and O–H groups in total. The van der Waals surface area contributed by atoms with Crippen molar-refractivity contribution in [2.24, 2.45) is 5.92 Å². The highest BCUT2D eigenvalue weighted by Gasteiger charge is 1.97. The summed E-state index contributed by atoms with van der Waals surface area (Å²) in [6, 6.07) is 0. The van der Waals surface area contributed by atoms with Gasteiger partial charge in [-0.15, -0.1) is 0 Å². The van der Waals surface area contributed by atoms with Crippen LogP contribution in [0.25, 0.3) is 0 Å². The third-order valence-corrected chi connectivity index (χ3v) is 6.30. The van der Waals surface area contributed by atoms with Gasteiger partial charge in [0.1, 0.15) is 0 Å². The molecular weight excluding hydrogens is 436 g/mol. The van der Waals surface area contributed by atoms with Gasteiger partial charge >= 0.3 is 5.97 Å². The van der Waals surface area contributed by atoms with E-state index in [1.165, 1.54) is 94.4 Å². The Morgan fingerprint density at radius 3 is 1.73 bits per heavy atom. The van der Waals surface area contributed by atoms with Crippen molar-refractivity contribution in [3.05, 3.63) is 22.7 Å². The van der Waals surface area contributed by atoms with Gasteiger partial charge in [0, 0.05) is 6.42 Å². The van der Waals surface area contributed by atoms with Gasteiger partial charge in [0.25, 0.3) is 0 Å². The molecule has 0 aromatic carbocycles. The molecular formula is C27H49BrO2. The van der Waals surface area contributed by atoms with Crippen molar-refractivity contribution < 1.29 is 9.90 Å². The van der Waals surface area contributed by atoms with Crippen molar-refractivity contribution >= 4 is 21.9 Å². The Labute approximate surface area is 196 Å². The number of carboxylic acids is 1. The second-order valence-electron chi connectivity index (χ2n) is 9.16. The molecule has 0 bridgehead atoms. The minimum atomic E-state index is -0.708. The molecule has 0 heterocycles. The van der Waals surface area contributed by atoms with Gasteiger partial charge in [-0.1, -0.05) is 125 Å². The minimum absolute atomic E-state index is 0.259. The predicted molar refractivity (Wildman–Crippen MR) is 136 cm³/mol. The van der Waals surface area contributed by atoms with Crippen LogP contribution in [0.2, 0.25) is 0 Å². The number of hydrogen-bond acceptors (Lipinski definition) is 1. The second-order valence-corrected chi connectivity index (χ2v) is 10.2. The summed E-state index contributed by atoms with van der Waals surface area (Å²) in [6.45, 7) is 4.65. The van der Waals surface area contributed by atoms with E-state index in [1.54, 1.807) is 0 Å². The largest absolute Gasteiger partial charge is 0.481 e. The molecule has 30 heavy (non-hydrogen) atoms. The highest BCUT2D eigenvalue weighted by atomic mass is 79.9. The fraction of sp³-hybridized carbons (Fsp3) is 0.815. The van der Waals surface area contributed by atoms with Gasteiger partial charge in [0.15, 0.2) is 0 Å². The molecule has 0 radical (unpaired) electrons. The van der Waals surface area contributed by atoms with E-state index in [1.807, 2.05) is 0 Å². The number of aliphatic carboxylic acids is 1. The number of allylic oxidation sites excluding steroid dienone is 4. The lowest BCUT2D eigenvalue weighted by molar-refractivity contribution is -0.137. The number of halogens is 1. The lowest BCUT2D eigenvalue weighted by Crippen LogP contribution is -1.92. The molecule has 0 saturated carbocycles. The number of unbranched alkanes of at least 4 members (excludes halogenated alkanes) is 13. The summed E-state index contributed by atoms with van der Waals surface area (Å²) in [4.78, 5) is 10.5. The molecule has 0 aromatic rings. The van der Waals surface area contributed by atoms with Crippen LogP contribution in [0.3, 0.4) is 0 Å². The molecule has 0 atom stereocenters. The number of rotatable bonds is 22. The van der Waals surface area contributed by atoms with Crippen LogP contribution in [-0.4, -0.2) is 11.1 Å². The van der Waals surface area contributed by atoms with Gasteiger partial charge in [-0.3, -0.25) is 4.79 Å². The van der Waals surface area contributed by atoms with Crippen molar-refractivity contribution in [2.75, 3.05) is 0 Å². The first-order chi connectivity index (χ1) is 14.5. The topological polar surface area (TPSA) is 37.3 Å². The molecule has 0 amide bonds. The van der Waals surface area contributed by atoms with Gasteiger partial charge in [0.05, 0.1) is 0 Å². The maximum atomic E-state index is 10.5. The van der Waals surface area contributed by atoms with Crippen LogP contribution < -0.4 is 0 Å². The Balaban J connectivity index is 3.26. The number of carbonyl (C=O) groups is 1.